The summed E-state index contributed by atoms with van der Waals surface area (Å²) in [6.07, 6.45) is 3.35. The van der Waals surface area contributed by atoms with Gasteiger partial charge >= 0.3 is 0 Å². The topological polar surface area (TPSA) is 33.5 Å². The minimum atomic E-state index is -0.129. The van der Waals surface area contributed by atoms with Crippen LogP contribution in [-0.2, 0) is 4.79 Å². The van der Waals surface area contributed by atoms with Crippen LogP contribution < -0.4 is 0 Å². The van der Waals surface area contributed by atoms with E-state index in [0.717, 1.165) is 5.56 Å². The van der Waals surface area contributed by atoms with E-state index in [2.05, 4.69) is 6.58 Å². The number of carbonyl (C=O) groups is 1. The molecule has 1 aliphatic heterocycles. The molecule has 0 atom stereocenters. The first-order valence-corrected chi connectivity index (χ1v) is 8.41. The molecule has 0 radical (unpaired) electrons. The zero-order valence-electron chi connectivity index (χ0n) is 12.0. The highest BCUT2D eigenvalue weighted by molar-refractivity contribution is 8.26. The summed E-state index contributed by atoms with van der Waals surface area (Å²) in [6, 6.07) is 11.1. The van der Waals surface area contributed by atoms with Gasteiger partial charge in [0.05, 0.1) is 9.93 Å². The molecule has 6 heteroatoms. The van der Waals surface area contributed by atoms with E-state index >= 15 is 0 Å². The van der Waals surface area contributed by atoms with E-state index in [1.54, 1.807) is 24.3 Å². The van der Waals surface area contributed by atoms with Gasteiger partial charge in [-0.05, 0) is 24.3 Å². The molecule has 3 nitrogen and oxygen atoms in total. The maximum Gasteiger partial charge on any atom is 0.266 e. The van der Waals surface area contributed by atoms with Gasteiger partial charge in [0.15, 0.2) is 0 Å². The molecule has 0 spiro atoms. The van der Waals surface area contributed by atoms with E-state index in [-0.39, 0.29) is 5.91 Å². The lowest BCUT2D eigenvalue weighted by molar-refractivity contribution is -0.121. The van der Waals surface area contributed by atoms with E-state index < -0.39 is 0 Å². The number of furan rings is 1. The van der Waals surface area contributed by atoms with E-state index in [4.69, 9.17) is 28.2 Å². The number of amides is 1. The smallest absolute Gasteiger partial charge is 0.266 e. The van der Waals surface area contributed by atoms with Gasteiger partial charge in [-0.2, -0.15) is 0 Å². The third kappa shape index (κ3) is 3.27. The summed E-state index contributed by atoms with van der Waals surface area (Å²) in [6.45, 7) is 4.04. The van der Waals surface area contributed by atoms with Crippen molar-refractivity contribution >= 4 is 51.9 Å². The minimum Gasteiger partial charge on any atom is -0.457 e. The molecule has 1 saturated heterocycles. The Labute approximate surface area is 148 Å². The lowest BCUT2D eigenvalue weighted by Crippen LogP contribution is -2.27. The minimum absolute atomic E-state index is 0.129. The van der Waals surface area contributed by atoms with E-state index in [9.17, 15) is 4.79 Å². The number of rotatable bonds is 4. The number of benzene rings is 1. The number of halogens is 1. The third-order valence-electron chi connectivity index (χ3n) is 3.22. The molecule has 23 heavy (non-hydrogen) atoms. The Hall–Kier alpha value is -1.82. The molecular formula is C17H12ClNO2S2. The molecule has 0 aliphatic carbocycles. The lowest BCUT2D eigenvalue weighted by atomic mass is 10.2. The van der Waals surface area contributed by atoms with Gasteiger partial charge in [0.1, 0.15) is 15.8 Å². The summed E-state index contributed by atoms with van der Waals surface area (Å²) in [5.74, 6) is 1.11. The van der Waals surface area contributed by atoms with Crippen molar-refractivity contribution in [1.82, 2.24) is 4.90 Å². The highest BCUT2D eigenvalue weighted by atomic mass is 35.5. The first-order valence-electron chi connectivity index (χ1n) is 6.81. The predicted molar refractivity (Wildman–Crippen MR) is 99.2 cm³/mol. The zero-order chi connectivity index (χ0) is 16.4. The molecule has 1 fully saturated rings. The summed E-state index contributed by atoms with van der Waals surface area (Å²) in [4.78, 5) is 14.3. The molecule has 0 N–H and O–H groups in total. The molecule has 0 bridgehead atoms. The summed E-state index contributed by atoms with van der Waals surface area (Å²) in [5, 5.41) is 0.616. The summed E-state index contributed by atoms with van der Waals surface area (Å²) < 4.78 is 6.31. The Morgan fingerprint density at radius 3 is 2.83 bits per heavy atom. The molecule has 1 aromatic carbocycles. The number of thiocarbonyl (C=S) groups is 1. The van der Waals surface area contributed by atoms with Crippen LogP contribution in [0.1, 0.15) is 5.76 Å². The molecule has 2 aromatic rings. The Bertz CT molecular complexity index is 826. The van der Waals surface area contributed by atoms with Crippen LogP contribution in [0.5, 0.6) is 0 Å². The highest BCUT2D eigenvalue weighted by Gasteiger charge is 2.31. The number of carbonyl (C=O) groups excluding carboxylic acids is 1. The van der Waals surface area contributed by atoms with Gasteiger partial charge < -0.3 is 4.42 Å². The number of nitrogens with zero attached hydrogens (tertiary/aromatic N) is 1. The van der Waals surface area contributed by atoms with Crippen LogP contribution >= 0.6 is 35.6 Å². The Balaban J connectivity index is 1.87. The van der Waals surface area contributed by atoms with Crippen molar-refractivity contribution in [3.8, 4) is 11.3 Å². The first-order chi connectivity index (χ1) is 11.1. The molecular weight excluding hydrogens is 350 g/mol. The monoisotopic (exact) mass is 361 g/mol. The van der Waals surface area contributed by atoms with Gasteiger partial charge in [0.2, 0.25) is 0 Å². The number of hydrogen-bond donors (Lipinski definition) is 0. The van der Waals surface area contributed by atoms with Crippen molar-refractivity contribution in [1.29, 1.82) is 0 Å². The van der Waals surface area contributed by atoms with Crippen molar-refractivity contribution in [2.75, 3.05) is 6.54 Å². The fourth-order valence-corrected chi connectivity index (χ4v) is 3.64. The van der Waals surface area contributed by atoms with Gasteiger partial charge in [-0.3, -0.25) is 9.69 Å². The average molecular weight is 362 g/mol. The first kappa shape index (κ1) is 16.1. The van der Waals surface area contributed by atoms with Crippen molar-refractivity contribution in [2.45, 2.75) is 0 Å². The highest BCUT2D eigenvalue weighted by Crippen LogP contribution is 2.34. The summed E-state index contributed by atoms with van der Waals surface area (Å²) in [7, 11) is 0. The van der Waals surface area contributed by atoms with Crippen LogP contribution in [0.4, 0.5) is 0 Å². The lowest BCUT2D eigenvalue weighted by Gasteiger charge is -2.10. The van der Waals surface area contributed by atoms with Crippen LogP contribution in [0.2, 0.25) is 5.02 Å². The zero-order valence-corrected chi connectivity index (χ0v) is 14.4. The second-order valence-corrected chi connectivity index (χ2v) is 6.85. The van der Waals surface area contributed by atoms with Crippen LogP contribution in [0.15, 0.2) is 58.4 Å². The second-order valence-electron chi connectivity index (χ2n) is 4.76. The van der Waals surface area contributed by atoms with Crippen molar-refractivity contribution < 1.29 is 9.21 Å². The van der Waals surface area contributed by atoms with Gasteiger partial charge in [-0.1, -0.05) is 53.8 Å². The van der Waals surface area contributed by atoms with Crippen molar-refractivity contribution in [3.05, 3.63) is 64.7 Å². The molecule has 0 saturated carbocycles. The quantitative estimate of drug-likeness (QED) is 0.436. The number of hydrogen-bond acceptors (Lipinski definition) is 4. The van der Waals surface area contributed by atoms with Crippen molar-refractivity contribution in [2.24, 2.45) is 0 Å². The molecule has 0 unspecified atom stereocenters. The standard InChI is InChI=1S/C17H12ClNO2S2/c1-2-9-19-16(20)15(23-17(19)22)10-11-7-8-14(21-11)12-5-3-4-6-13(12)18/h2-8,10H,1,9H2/b15-10-. The SMILES string of the molecule is C=CCN1C(=O)/C(=C/c2ccc(-c3ccccc3Cl)o2)SC1=S. The fraction of sp³-hybridized carbons (Fsp3) is 0.0588. The molecule has 3 rings (SSSR count). The summed E-state index contributed by atoms with van der Waals surface area (Å²) in [5.41, 5.74) is 0.813. The normalized spacial score (nSPS) is 16.4. The molecule has 116 valence electrons. The summed E-state index contributed by atoms with van der Waals surface area (Å²) >= 11 is 12.6. The maximum atomic E-state index is 12.3. The average Bonchev–Trinajstić information content (AvgIpc) is 3.09. The van der Waals surface area contributed by atoms with E-state index in [1.807, 2.05) is 24.3 Å². The number of thioether (sulfide) groups is 1. The molecule has 1 aliphatic rings. The van der Waals surface area contributed by atoms with Gasteiger partial charge in [-0.15, -0.1) is 6.58 Å². The third-order valence-corrected chi connectivity index (χ3v) is 4.93. The Kier molecular flexibility index (Phi) is 4.71. The van der Waals surface area contributed by atoms with Crippen molar-refractivity contribution in [3.63, 3.8) is 0 Å². The molecule has 1 aromatic heterocycles. The molecule has 1 amide bonds. The van der Waals surface area contributed by atoms with E-state index in [1.165, 1.54) is 16.7 Å². The van der Waals surface area contributed by atoms with E-state index in [0.29, 0.717) is 32.3 Å². The Morgan fingerprint density at radius 2 is 2.09 bits per heavy atom. The Morgan fingerprint density at radius 1 is 1.30 bits per heavy atom. The largest absolute Gasteiger partial charge is 0.457 e. The van der Waals surface area contributed by atoms with Crippen LogP contribution in [0.3, 0.4) is 0 Å². The fourth-order valence-electron chi connectivity index (χ4n) is 2.15. The second kappa shape index (κ2) is 6.74. The predicted octanol–water partition coefficient (Wildman–Crippen LogP) is 4.99. The van der Waals surface area contributed by atoms with Gasteiger partial charge in [0.25, 0.3) is 5.91 Å². The van der Waals surface area contributed by atoms with Crippen LogP contribution in [-0.4, -0.2) is 21.7 Å². The molecule has 2 heterocycles. The van der Waals surface area contributed by atoms with Crippen LogP contribution in [0.25, 0.3) is 17.4 Å². The van der Waals surface area contributed by atoms with Gasteiger partial charge in [0, 0.05) is 18.2 Å². The maximum absolute atomic E-state index is 12.3. The van der Waals surface area contributed by atoms with Gasteiger partial charge in [-0.25, -0.2) is 0 Å². The van der Waals surface area contributed by atoms with Crippen LogP contribution in [0, 0.1) is 0 Å².